The predicted octanol–water partition coefficient (Wildman–Crippen LogP) is 2.85. The molecule has 1 rings (SSSR count). The van der Waals surface area contributed by atoms with E-state index in [1.165, 1.54) is 0 Å². The zero-order valence-electron chi connectivity index (χ0n) is 9.14. The molecule has 0 radical (unpaired) electrons. The molecule has 6 heteroatoms. The van der Waals surface area contributed by atoms with Crippen molar-refractivity contribution in [2.45, 2.75) is 44.8 Å². The second-order valence-corrected chi connectivity index (χ2v) is 4.17. The first-order valence-corrected chi connectivity index (χ1v) is 5.38. The van der Waals surface area contributed by atoms with E-state index < -0.39 is 18.9 Å². The van der Waals surface area contributed by atoms with Crippen LogP contribution in [-0.4, -0.2) is 24.9 Å². The monoisotopic (exact) mass is 239 g/mol. The zero-order chi connectivity index (χ0) is 12.2. The zero-order valence-corrected chi connectivity index (χ0v) is 9.14. The highest BCUT2D eigenvalue weighted by Crippen LogP contribution is 2.27. The van der Waals surface area contributed by atoms with Crippen molar-refractivity contribution in [1.29, 1.82) is 0 Å². The van der Waals surface area contributed by atoms with Crippen LogP contribution in [0.4, 0.5) is 18.0 Å². The van der Waals surface area contributed by atoms with Gasteiger partial charge in [0.15, 0.2) is 6.61 Å². The van der Waals surface area contributed by atoms with E-state index in [-0.39, 0.29) is 6.04 Å². The van der Waals surface area contributed by atoms with Crippen LogP contribution in [0.2, 0.25) is 0 Å². The Balaban J connectivity index is 2.22. The van der Waals surface area contributed by atoms with E-state index in [0.717, 1.165) is 25.7 Å². The number of nitrogens with one attached hydrogen (secondary N) is 1. The minimum absolute atomic E-state index is 0.122. The first-order valence-electron chi connectivity index (χ1n) is 5.38. The quantitative estimate of drug-likeness (QED) is 0.822. The lowest BCUT2D eigenvalue weighted by Crippen LogP contribution is -2.38. The van der Waals surface area contributed by atoms with Gasteiger partial charge in [0.1, 0.15) is 0 Å². The summed E-state index contributed by atoms with van der Waals surface area (Å²) in [6.07, 6.45) is -1.19. The molecule has 3 nitrogen and oxygen atoms in total. The number of hydrogen-bond acceptors (Lipinski definition) is 2. The van der Waals surface area contributed by atoms with Gasteiger partial charge in [0.25, 0.3) is 0 Å². The van der Waals surface area contributed by atoms with Gasteiger partial charge in [-0.2, -0.15) is 13.2 Å². The van der Waals surface area contributed by atoms with E-state index in [9.17, 15) is 18.0 Å². The number of hydrogen-bond donors (Lipinski definition) is 1. The van der Waals surface area contributed by atoms with Crippen LogP contribution in [0.25, 0.3) is 0 Å². The molecule has 1 aliphatic rings. The van der Waals surface area contributed by atoms with Crippen LogP contribution >= 0.6 is 0 Å². The van der Waals surface area contributed by atoms with Crippen LogP contribution in [0.5, 0.6) is 0 Å². The number of halogens is 3. The topological polar surface area (TPSA) is 38.3 Å². The summed E-state index contributed by atoms with van der Waals surface area (Å²) in [4.78, 5) is 11.0. The van der Waals surface area contributed by atoms with Crippen molar-refractivity contribution < 1.29 is 22.7 Å². The molecule has 0 bridgehead atoms. The fraction of sp³-hybridized carbons (Fsp3) is 0.900. The predicted molar refractivity (Wildman–Crippen MR) is 52.0 cm³/mol. The largest absolute Gasteiger partial charge is 0.440 e. The molecular formula is C10H16F3NO2. The first kappa shape index (κ1) is 13.1. The molecule has 16 heavy (non-hydrogen) atoms. The third-order valence-electron chi connectivity index (χ3n) is 2.82. The van der Waals surface area contributed by atoms with Gasteiger partial charge in [0, 0.05) is 6.04 Å². The third-order valence-corrected chi connectivity index (χ3v) is 2.82. The second kappa shape index (κ2) is 5.41. The van der Waals surface area contributed by atoms with Gasteiger partial charge in [-0.25, -0.2) is 4.79 Å². The number of carbonyl (C=O) groups is 1. The Morgan fingerprint density at radius 3 is 2.50 bits per heavy atom. The fourth-order valence-electron chi connectivity index (χ4n) is 1.95. The average molecular weight is 239 g/mol. The van der Waals surface area contributed by atoms with Crippen molar-refractivity contribution >= 4 is 6.09 Å². The van der Waals surface area contributed by atoms with E-state index in [0.29, 0.717) is 5.92 Å². The Bertz CT molecular complexity index is 237. The fourth-order valence-corrected chi connectivity index (χ4v) is 1.95. The highest BCUT2D eigenvalue weighted by Gasteiger charge is 2.30. The number of alkyl halides is 3. The van der Waals surface area contributed by atoms with Gasteiger partial charge in [0.2, 0.25) is 0 Å². The summed E-state index contributed by atoms with van der Waals surface area (Å²) in [7, 11) is 0. The normalized spacial score (nSPS) is 19.5. The van der Waals surface area contributed by atoms with Gasteiger partial charge < -0.3 is 10.1 Å². The second-order valence-electron chi connectivity index (χ2n) is 4.17. The Kier molecular flexibility index (Phi) is 4.44. The van der Waals surface area contributed by atoms with Crippen molar-refractivity contribution in [2.24, 2.45) is 5.92 Å². The van der Waals surface area contributed by atoms with Gasteiger partial charge in [-0.1, -0.05) is 12.8 Å². The molecule has 1 N–H and O–H groups in total. The third kappa shape index (κ3) is 4.72. The van der Waals surface area contributed by atoms with E-state index >= 15 is 0 Å². The van der Waals surface area contributed by atoms with Crippen LogP contribution in [0, 0.1) is 5.92 Å². The molecule has 1 unspecified atom stereocenters. The summed E-state index contributed by atoms with van der Waals surface area (Å²) in [5, 5.41) is 2.43. The molecule has 1 amide bonds. The van der Waals surface area contributed by atoms with Crippen LogP contribution in [0.3, 0.4) is 0 Å². The summed E-state index contributed by atoms with van der Waals surface area (Å²) in [6.45, 7) is 0.265. The molecule has 0 saturated heterocycles. The molecule has 0 aliphatic heterocycles. The van der Waals surface area contributed by atoms with Gasteiger partial charge >= 0.3 is 12.3 Å². The molecule has 0 spiro atoms. The molecule has 94 valence electrons. The number of amides is 1. The Hall–Kier alpha value is -0.940. The summed E-state index contributed by atoms with van der Waals surface area (Å²) in [6, 6.07) is -0.122. The highest BCUT2D eigenvalue weighted by molar-refractivity contribution is 5.67. The van der Waals surface area contributed by atoms with Crippen molar-refractivity contribution in [2.75, 3.05) is 6.61 Å². The standard InChI is InChI=1S/C10H16F3NO2/c1-7(8-4-2-3-5-8)14-9(15)16-6-10(11,12)13/h7-8H,2-6H2,1H3,(H,14,15). The molecular weight excluding hydrogens is 223 g/mol. The molecule has 0 aromatic carbocycles. The maximum absolute atomic E-state index is 11.7. The molecule has 0 heterocycles. The molecule has 1 atom stereocenters. The first-order chi connectivity index (χ1) is 7.38. The number of rotatable bonds is 3. The maximum atomic E-state index is 11.7. The summed E-state index contributed by atoms with van der Waals surface area (Å²) in [5.74, 6) is 0.360. The molecule has 1 aliphatic carbocycles. The van der Waals surface area contributed by atoms with Gasteiger partial charge in [-0.05, 0) is 25.7 Å². The van der Waals surface area contributed by atoms with Crippen molar-refractivity contribution in [3.63, 3.8) is 0 Å². The Morgan fingerprint density at radius 2 is 2.00 bits per heavy atom. The lowest BCUT2D eigenvalue weighted by atomic mass is 10.0. The lowest BCUT2D eigenvalue weighted by Gasteiger charge is -2.20. The van der Waals surface area contributed by atoms with Crippen LogP contribution < -0.4 is 5.32 Å². The van der Waals surface area contributed by atoms with E-state index in [1.54, 1.807) is 6.92 Å². The molecule has 1 fully saturated rings. The van der Waals surface area contributed by atoms with Crippen LogP contribution in [0.15, 0.2) is 0 Å². The van der Waals surface area contributed by atoms with Crippen LogP contribution in [0.1, 0.15) is 32.6 Å². The molecule has 1 saturated carbocycles. The number of carbonyl (C=O) groups excluding carboxylic acids is 1. The molecule has 0 aromatic heterocycles. The number of alkyl carbamates (subject to hydrolysis) is 1. The van der Waals surface area contributed by atoms with Gasteiger partial charge in [0.05, 0.1) is 0 Å². The smallest absolute Gasteiger partial charge is 0.422 e. The summed E-state index contributed by atoms with van der Waals surface area (Å²) < 4.78 is 39.3. The van der Waals surface area contributed by atoms with E-state index in [2.05, 4.69) is 10.1 Å². The summed E-state index contributed by atoms with van der Waals surface area (Å²) in [5.41, 5.74) is 0. The highest BCUT2D eigenvalue weighted by atomic mass is 19.4. The minimum Gasteiger partial charge on any atom is -0.440 e. The average Bonchev–Trinajstić information content (AvgIpc) is 2.66. The summed E-state index contributed by atoms with van der Waals surface area (Å²) >= 11 is 0. The van der Waals surface area contributed by atoms with Crippen molar-refractivity contribution in [3.05, 3.63) is 0 Å². The van der Waals surface area contributed by atoms with E-state index in [1.807, 2.05) is 0 Å². The minimum atomic E-state index is -4.46. The SMILES string of the molecule is CC(NC(=O)OCC(F)(F)F)C1CCCC1. The van der Waals surface area contributed by atoms with Crippen molar-refractivity contribution in [3.8, 4) is 0 Å². The van der Waals surface area contributed by atoms with Gasteiger partial charge in [-0.3, -0.25) is 0 Å². The Morgan fingerprint density at radius 1 is 1.44 bits per heavy atom. The number of ether oxygens (including phenoxy) is 1. The van der Waals surface area contributed by atoms with Crippen LogP contribution in [-0.2, 0) is 4.74 Å². The Labute approximate surface area is 92.3 Å². The van der Waals surface area contributed by atoms with E-state index in [4.69, 9.17) is 0 Å². The van der Waals surface area contributed by atoms with Crippen molar-refractivity contribution in [1.82, 2.24) is 5.32 Å². The van der Waals surface area contributed by atoms with Gasteiger partial charge in [-0.15, -0.1) is 0 Å². The molecule has 0 aromatic rings. The maximum Gasteiger partial charge on any atom is 0.422 e. The lowest BCUT2D eigenvalue weighted by molar-refractivity contribution is -0.160.